The van der Waals surface area contributed by atoms with Crippen LogP contribution in [0.15, 0.2) is 0 Å². The summed E-state index contributed by atoms with van der Waals surface area (Å²) in [5, 5.41) is 4.01. The van der Waals surface area contributed by atoms with Gasteiger partial charge in [0.1, 0.15) is 0 Å². The monoisotopic (exact) mass is 259 g/mol. The van der Waals surface area contributed by atoms with Gasteiger partial charge in [0.2, 0.25) is 0 Å². The maximum absolute atomic E-state index is 12.4. The molecule has 0 amide bonds. The maximum Gasteiger partial charge on any atom is 0.0501 e. The van der Waals surface area contributed by atoms with Gasteiger partial charge in [-0.25, -0.2) is 0 Å². The van der Waals surface area contributed by atoms with Crippen LogP contribution in [-0.4, -0.2) is 27.8 Å². The van der Waals surface area contributed by atoms with E-state index in [9.17, 15) is 4.21 Å². The molecule has 4 unspecified atom stereocenters. The Hall–Kier alpha value is 0.110. The largest absolute Gasteiger partial charge is 0.313 e. The third-order valence-electron chi connectivity index (χ3n) is 3.84. The van der Waals surface area contributed by atoms with E-state index >= 15 is 0 Å². The lowest BCUT2D eigenvalue weighted by molar-refractivity contribution is 0.378. The van der Waals surface area contributed by atoms with E-state index in [1.807, 2.05) is 0 Å². The van der Waals surface area contributed by atoms with Crippen LogP contribution in [-0.2, 0) is 10.8 Å². The van der Waals surface area contributed by atoms with Crippen molar-refractivity contribution >= 4 is 10.8 Å². The van der Waals surface area contributed by atoms with Crippen molar-refractivity contribution in [3.8, 4) is 0 Å². The molecule has 3 heteroatoms. The van der Waals surface area contributed by atoms with E-state index in [0.717, 1.165) is 25.1 Å². The summed E-state index contributed by atoms with van der Waals surface area (Å²) < 4.78 is 12.4. The highest BCUT2D eigenvalue weighted by molar-refractivity contribution is 7.85. The molecule has 1 fully saturated rings. The third-order valence-corrected chi connectivity index (χ3v) is 5.98. The maximum atomic E-state index is 12.4. The second kappa shape index (κ2) is 8.25. The van der Waals surface area contributed by atoms with Crippen LogP contribution < -0.4 is 5.32 Å². The van der Waals surface area contributed by atoms with Crippen LogP contribution in [0.1, 0.15) is 59.3 Å². The van der Waals surface area contributed by atoms with Gasteiger partial charge in [-0.1, -0.05) is 40.0 Å². The van der Waals surface area contributed by atoms with E-state index in [1.54, 1.807) is 0 Å². The molecule has 0 radical (unpaired) electrons. The standard InChI is InChI=1S/C14H29NOS/c1-4-10-15-13-8-6-7-9-14(13)17(16)11-12(3)5-2/h12-15H,4-11H2,1-3H3. The Bertz CT molecular complexity index is 232. The topological polar surface area (TPSA) is 29.1 Å². The molecule has 1 saturated carbocycles. The molecular formula is C14H29NOS. The lowest BCUT2D eigenvalue weighted by Crippen LogP contribution is -2.45. The van der Waals surface area contributed by atoms with Gasteiger partial charge in [-0.3, -0.25) is 4.21 Å². The molecule has 0 bridgehead atoms. The van der Waals surface area contributed by atoms with E-state index in [2.05, 4.69) is 26.1 Å². The lowest BCUT2D eigenvalue weighted by atomic mass is 9.95. The van der Waals surface area contributed by atoms with Crippen LogP contribution in [0.3, 0.4) is 0 Å². The first kappa shape index (κ1) is 15.2. The first-order valence-corrected chi connectivity index (χ1v) is 8.67. The van der Waals surface area contributed by atoms with Gasteiger partial charge in [0, 0.05) is 22.6 Å². The van der Waals surface area contributed by atoms with Crippen LogP contribution in [0.5, 0.6) is 0 Å². The SMILES string of the molecule is CCCNC1CCCCC1S(=O)CC(C)CC. The van der Waals surface area contributed by atoms with Gasteiger partial charge >= 0.3 is 0 Å². The van der Waals surface area contributed by atoms with Crippen molar-refractivity contribution in [2.75, 3.05) is 12.3 Å². The van der Waals surface area contributed by atoms with Gasteiger partial charge in [-0.2, -0.15) is 0 Å². The van der Waals surface area contributed by atoms with Crippen molar-refractivity contribution in [1.29, 1.82) is 0 Å². The van der Waals surface area contributed by atoms with Crippen LogP contribution in [0.2, 0.25) is 0 Å². The Labute approximate surface area is 109 Å². The van der Waals surface area contributed by atoms with Gasteiger partial charge in [-0.15, -0.1) is 0 Å². The summed E-state index contributed by atoms with van der Waals surface area (Å²) in [7, 11) is -0.632. The van der Waals surface area contributed by atoms with Crippen molar-refractivity contribution in [3.63, 3.8) is 0 Å². The van der Waals surface area contributed by atoms with Crippen molar-refractivity contribution in [2.24, 2.45) is 5.92 Å². The Balaban J connectivity index is 2.48. The third kappa shape index (κ3) is 5.09. The van der Waals surface area contributed by atoms with Gasteiger partial charge in [0.05, 0.1) is 5.25 Å². The molecule has 17 heavy (non-hydrogen) atoms. The minimum atomic E-state index is -0.632. The molecule has 1 rings (SSSR count). The summed E-state index contributed by atoms with van der Waals surface area (Å²) in [6.07, 6.45) is 7.26. The molecule has 0 spiro atoms. The molecule has 1 aliphatic carbocycles. The minimum Gasteiger partial charge on any atom is -0.313 e. The summed E-state index contributed by atoms with van der Waals surface area (Å²) in [6.45, 7) is 7.67. The van der Waals surface area contributed by atoms with Crippen LogP contribution in [0.25, 0.3) is 0 Å². The number of rotatable bonds is 7. The average molecular weight is 259 g/mol. The van der Waals surface area contributed by atoms with E-state index in [1.165, 1.54) is 25.7 Å². The van der Waals surface area contributed by atoms with Crippen molar-refractivity contribution in [3.05, 3.63) is 0 Å². The summed E-state index contributed by atoms with van der Waals surface area (Å²) in [5.41, 5.74) is 0. The highest BCUT2D eigenvalue weighted by atomic mass is 32.2. The fraction of sp³-hybridized carbons (Fsp3) is 1.00. The van der Waals surface area contributed by atoms with Gasteiger partial charge < -0.3 is 5.32 Å². The van der Waals surface area contributed by atoms with Crippen molar-refractivity contribution < 1.29 is 4.21 Å². The Kier molecular flexibility index (Phi) is 7.36. The molecule has 4 atom stereocenters. The summed E-state index contributed by atoms with van der Waals surface area (Å²) >= 11 is 0. The Morgan fingerprint density at radius 1 is 1.29 bits per heavy atom. The molecule has 0 heterocycles. The summed E-state index contributed by atoms with van der Waals surface area (Å²) in [6, 6.07) is 0.508. The fourth-order valence-corrected chi connectivity index (χ4v) is 4.57. The molecule has 1 aliphatic rings. The van der Waals surface area contributed by atoms with Gasteiger partial charge in [0.15, 0.2) is 0 Å². The molecule has 0 aromatic rings. The average Bonchev–Trinajstić information content (AvgIpc) is 2.36. The number of hydrogen-bond acceptors (Lipinski definition) is 2. The van der Waals surface area contributed by atoms with Crippen LogP contribution in [0, 0.1) is 5.92 Å². The molecule has 102 valence electrons. The summed E-state index contributed by atoms with van der Waals surface area (Å²) in [4.78, 5) is 0. The first-order valence-electron chi connectivity index (χ1n) is 7.29. The number of nitrogens with one attached hydrogen (secondary N) is 1. The molecule has 0 aliphatic heterocycles. The van der Waals surface area contributed by atoms with E-state index in [-0.39, 0.29) is 0 Å². The molecule has 1 N–H and O–H groups in total. The fourth-order valence-electron chi connectivity index (χ4n) is 2.50. The van der Waals surface area contributed by atoms with Crippen molar-refractivity contribution in [2.45, 2.75) is 70.6 Å². The zero-order chi connectivity index (χ0) is 12.7. The van der Waals surface area contributed by atoms with E-state index in [4.69, 9.17) is 0 Å². The van der Waals surface area contributed by atoms with Crippen LogP contribution in [0.4, 0.5) is 0 Å². The molecular weight excluding hydrogens is 230 g/mol. The second-order valence-corrected chi connectivity index (χ2v) is 7.14. The van der Waals surface area contributed by atoms with Gasteiger partial charge in [0.25, 0.3) is 0 Å². The predicted octanol–water partition coefficient (Wildman–Crippen LogP) is 3.09. The second-order valence-electron chi connectivity index (χ2n) is 5.44. The van der Waals surface area contributed by atoms with E-state index in [0.29, 0.717) is 17.2 Å². The van der Waals surface area contributed by atoms with E-state index < -0.39 is 10.8 Å². The van der Waals surface area contributed by atoms with Crippen LogP contribution >= 0.6 is 0 Å². The first-order chi connectivity index (χ1) is 8.19. The molecule has 0 saturated heterocycles. The van der Waals surface area contributed by atoms with Crippen molar-refractivity contribution in [1.82, 2.24) is 5.32 Å². The smallest absolute Gasteiger partial charge is 0.0501 e. The number of hydrogen-bond donors (Lipinski definition) is 1. The van der Waals surface area contributed by atoms with Gasteiger partial charge in [-0.05, 0) is 31.7 Å². The predicted molar refractivity (Wildman–Crippen MR) is 76.8 cm³/mol. The molecule has 0 aromatic carbocycles. The normalized spacial score (nSPS) is 28.9. The zero-order valence-corrected chi connectivity index (χ0v) is 12.5. The highest BCUT2D eigenvalue weighted by Gasteiger charge is 2.29. The molecule has 2 nitrogen and oxygen atoms in total. The summed E-state index contributed by atoms with van der Waals surface area (Å²) in [5.74, 6) is 1.50. The minimum absolute atomic E-state index is 0.407. The zero-order valence-electron chi connectivity index (χ0n) is 11.7. The highest BCUT2D eigenvalue weighted by Crippen LogP contribution is 2.24. The quantitative estimate of drug-likeness (QED) is 0.761. The Morgan fingerprint density at radius 3 is 2.65 bits per heavy atom. The molecule has 0 aromatic heterocycles. The lowest BCUT2D eigenvalue weighted by Gasteiger charge is -2.32. The Morgan fingerprint density at radius 2 is 2.00 bits per heavy atom.